The molecule has 1 aliphatic heterocycles. The number of likely N-dealkylation sites (tertiary alicyclic amines) is 1. The largest absolute Gasteiger partial charge is 0.386 e. The summed E-state index contributed by atoms with van der Waals surface area (Å²) in [6.45, 7) is 1.23. The summed E-state index contributed by atoms with van der Waals surface area (Å²) in [5, 5.41) is 6.06. The zero-order valence-electron chi connectivity index (χ0n) is 15.5. The molecule has 2 aromatic carbocycles. The van der Waals surface area contributed by atoms with Crippen LogP contribution >= 0.6 is 22.6 Å². The number of anilines is 2. The van der Waals surface area contributed by atoms with Crippen LogP contribution < -0.4 is 16.3 Å². The molecule has 3 N–H and O–H groups in total. The van der Waals surface area contributed by atoms with Crippen molar-refractivity contribution in [2.24, 2.45) is 0 Å². The van der Waals surface area contributed by atoms with Gasteiger partial charge in [0, 0.05) is 35.4 Å². The quantitative estimate of drug-likeness (QED) is 0.487. The number of H-pyrrole nitrogens is 1. The first kappa shape index (κ1) is 18.9. The predicted molar refractivity (Wildman–Crippen MR) is 120 cm³/mol. The van der Waals surface area contributed by atoms with Crippen LogP contribution in [0.15, 0.2) is 47.3 Å². The van der Waals surface area contributed by atoms with Crippen LogP contribution in [-0.2, 0) is 0 Å². The van der Waals surface area contributed by atoms with Crippen molar-refractivity contribution >= 4 is 51.0 Å². The molecular formula is C20H22IN5O2. The standard InChI is InChI=1S/C20H22IN5O2/c1-22-16-3-2-4-17-18(16)24-20(28)26(17)15-9-11-25(12-10-15)19(27)23-14-7-5-13(21)6-8-14/h2-8,15,22H,9-12H2,1H3,(H,23,27)(H,24,28). The van der Waals surface area contributed by atoms with E-state index in [-0.39, 0.29) is 17.8 Å². The number of nitrogens with one attached hydrogen (secondary N) is 3. The number of aromatic nitrogens is 2. The molecule has 2 heterocycles. The van der Waals surface area contributed by atoms with E-state index in [0.29, 0.717) is 13.1 Å². The van der Waals surface area contributed by atoms with E-state index in [2.05, 4.69) is 38.2 Å². The fourth-order valence-corrected chi connectivity index (χ4v) is 4.14. The predicted octanol–water partition coefficient (Wildman–Crippen LogP) is 3.84. The highest BCUT2D eigenvalue weighted by molar-refractivity contribution is 14.1. The van der Waals surface area contributed by atoms with Gasteiger partial charge in [0.25, 0.3) is 0 Å². The molecule has 0 saturated carbocycles. The second kappa shape index (κ2) is 7.86. The van der Waals surface area contributed by atoms with E-state index in [1.165, 1.54) is 0 Å². The molecule has 4 rings (SSSR count). The molecule has 2 amide bonds. The topological polar surface area (TPSA) is 82.2 Å². The maximum absolute atomic E-state index is 12.6. The molecule has 8 heteroatoms. The number of aromatic amines is 1. The van der Waals surface area contributed by atoms with Crippen molar-refractivity contribution in [3.05, 3.63) is 56.5 Å². The number of carbonyl (C=O) groups excluding carboxylic acids is 1. The van der Waals surface area contributed by atoms with Crippen LogP contribution in [0.3, 0.4) is 0 Å². The first-order chi connectivity index (χ1) is 13.6. The van der Waals surface area contributed by atoms with E-state index in [1.54, 1.807) is 0 Å². The normalized spacial score (nSPS) is 15.0. The number of benzene rings is 2. The number of halogens is 1. The molecule has 0 bridgehead atoms. The number of amides is 2. The number of hydrogen-bond acceptors (Lipinski definition) is 3. The minimum absolute atomic E-state index is 0.0794. The SMILES string of the molecule is CNc1cccc2c1[nH]c(=O)n2C1CCN(C(=O)Nc2ccc(I)cc2)CC1. The number of nitrogens with zero attached hydrogens (tertiary/aromatic N) is 2. The van der Waals surface area contributed by atoms with E-state index in [0.717, 1.165) is 38.8 Å². The lowest BCUT2D eigenvalue weighted by Gasteiger charge is -2.32. The number of fused-ring (bicyclic) bond motifs is 1. The van der Waals surface area contributed by atoms with E-state index in [1.807, 2.05) is 59.0 Å². The molecule has 28 heavy (non-hydrogen) atoms. The molecule has 1 saturated heterocycles. The molecule has 0 aliphatic carbocycles. The Morgan fingerprint density at radius 2 is 1.86 bits per heavy atom. The van der Waals surface area contributed by atoms with E-state index in [9.17, 15) is 9.59 Å². The number of piperidine rings is 1. The summed E-state index contributed by atoms with van der Waals surface area (Å²) in [6.07, 6.45) is 1.49. The van der Waals surface area contributed by atoms with Gasteiger partial charge in [-0.2, -0.15) is 0 Å². The van der Waals surface area contributed by atoms with Crippen molar-refractivity contribution in [2.75, 3.05) is 30.8 Å². The molecule has 0 radical (unpaired) electrons. The van der Waals surface area contributed by atoms with Gasteiger partial charge >= 0.3 is 11.7 Å². The number of carbonyl (C=O) groups is 1. The van der Waals surface area contributed by atoms with Gasteiger partial charge in [0.2, 0.25) is 0 Å². The fourth-order valence-electron chi connectivity index (χ4n) is 3.78. The molecule has 0 spiro atoms. The average molecular weight is 491 g/mol. The molecule has 0 unspecified atom stereocenters. The van der Waals surface area contributed by atoms with E-state index < -0.39 is 0 Å². The number of imidazole rings is 1. The molecular weight excluding hydrogens is 469 g/mol. The highest BCUT2D eigenvalue weighted by Gasteiger charge is 2.26. The molecule has 7 nitrogen and oxygen atoms in total. The first-order valence-electron chi connectivity index (χ1n) is 9.29. The first-order valence-corrected chi connectivity index (χ1v) is 10.4. The Kier molecular flexibility index (Phi) is 5.29. The molecule has 1 aromatic heterocycles. The summed E-state index contributed by atoms with van der Waals surface area (Å²) in [5.74, 6) is 0. The lowest BCUT2D eigenvalue weighted by atomic mass is 10.0. The zero-order valence-corrected chi connectivity index (χ0v) is 17.7. The Morgan fingerprint density at radius 1 is 1.14 bits per heavy atom. The Morgan fingerprint density at radius 3 is 2.54 bits per heavy atom. The summed E-state index contributed by atoms with van der Waals surface area (Å²) in [4.78, 5) is 29.9. The third-order valence-corrected chi connectivity index (χ3v) is 5.95. The van der Waals surface area contributed by atoms with Crippen LogP contribution in [0.25, 0.3) is 11.0 Å². The van der Waals surface area contributed by atoms with Crippen LogP contribution in [0.5, 0.6) is 0 Å². The monoisotopic (exact) mass is 491 g/mol. The van der Waals surface area contributed by atoms with Crippen LogP contribution in [0.4, 0.5) is 16.2 Å². The highest BCUT2D eigenvalue weighted by atomic mass is 127. The van der Waals surface area contributed by atoms with Gasteiger partial charge in [-0.3, -0.25) is 4.57 Å². The number of rotatable bonds is 3. The van der Waals surface area contributed by atoms with Crippen LogP contribution in [0.2, 0.25) is 0 Å². The maximum atomic E-state index is 12.6. The van der Waals surface area contributed by atoms with Gasteiger partial charge in [0.1, 0.15) is 0 Å². The Hall–Kier alpha value is -2.49. The third kappa shape index (κ3) is 3.60. The summed E-state index contributed by atoms with van der Waals surface area (Å²) >= 11 is 2.24. The summed E-state index contributed by atoms with van der Waals surface area (Å²) < 4.78 is 2.96. The Balaban J connectivity index is 1.46. The Labute approximate surface area is 176 Å². The Bertz CT molecular complexity index is 1050. The van der Waals surface area contributed by atoms with Crippen molar-refractivity contribution in [1.82, 2.24) is 14.5 Å². The van der Waals surface area contributed by atoms with Crippen LogP contribution in [0, 0.1) is 3.57 Å². The van der Waals surface area contributed by atoms with E-state index >= 15 is 0 Å². The van der Waals surface area contributed by atoms with Gasteiger partial charge in [0.15, 0.2) is 0 Å². The van der Waals surface area contributed by atoms with Crippen molar-refractivity contribution in [3.8, 4) is 0 Å². The van der Waals surface area contributed by atoms with Crippen molar-refractivity contribution in [2.45, 2.75) is 18.9 Å². The van der Waals surface area contributed by atoms with Crippen molar-refractivity contribution < 1.29 is 4.79 Å². The molecule has 1 fully saturated rings. The summed E-state index contributed by atoms with van der Waals surface area (Å²) in [7, 11) is 1.84. The number of hydrogen-bond donors (Lipinski definition) is 3. The lowest BCUT2D eigenvalue weighted by Crippen LogP contribution is -2.42. The average Bonchev–Trinajstić information content (AvgIpc) is 3.05. The second-order valence-electron chi connectivity index (χ2n) is 6.91. The minimum Gasteiger partial charge on any atom is -0.386 e. The molecule has 0 atom stereocenters. The van der Waals surface area contributed by atoms with Gasteiger partial charge in [-0.1, -0.05) is 6.07 Å². The molecule has 146 valence electrons. The number of urea groups is 1. The van der Waals surface area contributed by atoms with Crippen LogP contribution in [0.1, 0.15) is 18.9 Å². The van der Waals surface area contributed by atoms with Crippen molar-refractivity contribution in [3.63, 3.8) is 0 Å². The van der Waals surface area contributed by atoms with Crippen LogP contribution in [-0.4, -0.2) is 40.6 Å². The van der Waals surface area contributed by atoms with Gasteiger partial charge in [-0.15, -0.1) is 0 Å². The van der Waals surface area contributed by atoms with Gasteiger partial charge < -0.3 is 20.5 Å². The van der Waals surface area contributed by atoms with Gasteiger partial charge in [-0.25, -0.2) is 9.59 Å². The fraction of sp³-hybridized carbons (Fsp3) is 0.300. The minimum atomic E-state index is -0.0977. The maximum Gasteiger partial charge on any atom is 0.326 e. The second-order valence-corrected chi connectivity index (χ2v) is 8.15. The lowest BCUT2D eigenvalue weighted by molar-refractivity contribution is 0.184. The highest BCUT2D eigenvalue weighted by Crippen LogP contribution is 2.27. The van der Waals surface area contributed by atoms with Crippen molar-refractivity contribution in [1.29, 1.82) is 0 Å². The smallest absolute Gasteiger partial charge is 0.326 e. The van der Waals surface area contributed by atoms with Gasteiger partial charge in [-0.05, 0) is 71.8 Å². The number of para-hydroxylation sites is 1. The summed E-state index contributed by atoms with van der Waals surface area (Å²) in [6, 6.07) is 13.6. The van der Waals surface area contributed by atoms with Gasteiger partial charge in [0.05, 0.1) is 16.7 Å². The molecule has 1 aliphatic rings. The molecule has 3 aromatic rings. The third-order valence-electron chi connectivity index (χ3n) is 5.23. The van der Waals surface area contributed by atoms with E-state index in [4.69, 9.17) is 0 Å². The summed E-state index contributed by atoms with van der Waals surface area (Å²) in [5.41, 5.74) is 3.33. The zero-order chi connectivity index (χ0) is 19.7.